The molecule has 2 N–H and O–H groups in total. The van der Waals surface area contributed by atoms with E-state index in [1.165, 1.54) is 24.5 Å². The first kappa shape index (κ1) is 15.3. The lowest BCUT2D eigenvalue weighted by Crippen LogP contribution is -2.16. The van der Waals surface area contributed by atoms with E-state index in [0.29, 0.717) is 16.9 Å². The number of carbonyl (C=O) groups excluding carboxylic acids is 2. The van der Waals surface area contributed by atoms with E-state index in [-0.39, 0.29) is 17.5 Å². The third-order valence-electron chi connectivity index (χ3n) is 3.10. The molecule has 0 atom stereocenters. The number of nitrogens with one attached hydrogen (secondary N) is 2. The minimum Gasteiger partial charge on any atom is -0.321 e. The zero-order valence-corrected chi connectivity index (χ0v) is 12.5. The fraction of sp³-hybridized carbons (Fsp3) is 0. The highest BCUT2D eigenvalue weighted by Gasteiger charge is 2.11. The van der Waals surface area contributed by atoms with Gasteiger partial charge in [0.1, 0.15) is 5.69 Å². The number of nitrogens with zero attached hydrogens (tertiary/aromatic N) is 3. The van der Waals surface area contributed by atoms with Crippen LogP contribution in [0.4, 0.5) is 11.4 Å². The fourth-order valence-corrected chi connectivity index (χ4v) is 1.93. The van der Waals surface area contributed by atoms with Crippen molar-refractivity contribution in [1.29, 1.82) is 0 Å². The fourth-order valence-electron chi connectivity index (χ4n) is 1.93. The second-order valence-corrected chi connectivity index (χ2v) is 4.82. The monoisotopic (exact) mass is 319 g/mol. The van der Waals surface area contributed by atoms with Gasteiger partial charge < -0.3 is 10.6 Å². The number of carbonyl (C=O) groups is 2. The molecule has 3 rings (SSSR count). The van der Waals surface area contributed by atoms with Crippen molar-refractivity contribution in [3.8, 4) is 0 Å². The van der Waals surface area contributed by atoms with Gasteiger partial charge in [-0.1, -0.05) is 0 Å². The van der Waals surface area contributed by atoms with Crippen LogP contribution in [-0.2, 0) is 0 Å². The first-order chi connectivity index (χ1) is 11.7. The topological polar surface area (TPSA) is 96.9 Å². The summed E-state index contributed by atoms with van der Waals surface area (Å²) in [6.45, 7) is 0. The number of aromatic nitrogens is 3. The molecule has 3 aromatic heterocycles. The third-order valence-corrected chi connectivity index (χ3v) is 3.10. The van der Waals surface area contributed by atoms with Crippen molar-refractivity contribution >= 4 is 23.2 Å². The molecule has 0 unspecified atom stereocenters. The molecule has 0 radical (unpaired) electrons. The van der Waals surface area contributed by atoms with Crippen LogP contribution in [0, 0.1) is 0 Å². The maximum absolute atomic E-state index is 12.1. The Balaban J connectivity index is 1.66. The van der Waals surface area contributed by atoms with E-state index in [0.717, 1.165) is 0 Å². The number of hydrogen-bond donors (Lipinski definition) is 2. The average molecular weight is 319 g/mol. The Morgan fingerprint density at radius 3 is 1.88 bits per heavy atom. The molecule has 3 heterocycles. The van der Waals surface area contributed by atoms with Crippen molar-refractivity contribution in [2.45, 2.75) is 0 Å². The minimum absolute atomic E-state index is 0.205. The highest BCUT2D eigenvalue weighted by atomic mass is 16.2. The lowest BCUT2D eigenvalue weighted by atomic mass is 10.2. The molecular formula is C17H13N5O2. The Bertz CT molecular complexity index is 763. The molecule has 2 amide bonds. The van der Waals surface area contributed by atoms with Crippen molar-refractivity contribution in [1.82, 2.24) is 15.0 Å². The van der Waals surface area contributed by atoms with Crippen LogP contribution in [0.3, 0.4) is 0 Å². The molecule has 0 aromatic carbocycles. The molecule has 0 bridgehead atoms. The maximum atomic E-state index is 12.1. The van der Waals surface area contributed by atoms with E-state index in [2.05, 4.69) is 25.6 Å². The quantitative estimate of drug-likeness (QED) is 0.769. The van der Waals surface area contributed by atoms with Gasteiger partial charge >= 0.3 is 0 Å². The van der Waals surface area contributed by atoms with E-state index in [1.807, 2.05) is 0 Å². The van der Waals surface area contributed by atoms with Crippen LogP contribution in [0.2, 0.25) is 0 Å². The molecule has 7 heteroatoms. The van der Waals surface area contributed by atoms with Crippen LogP contribution in [0.15, 0.2) is 67.4 Å². The lowest BCUT2D eigenvalue weighted by Gasteiger charge is -2.06. The lowest BCUT2D eigenvalue weighted by molar-refractivity contribution is 0.101. The zero-order valence-electron chi connectivity index (χ0n) is 12.5. The molecule has 0 aliphatic rings. The van der Waals surface area contributed by atoms with Crippen LogP contribution in [0.5, 0.6) is 0 Å². The number of amides is 2. The molecule has 0 aliphatic carbocycles. The number of pyridine rings is 3. The predicted molar refractivity (Wildman–Crippen MR) is 88.6 cm³/mol. The molecule has 0 spiro atoms. The van der Waals surface area contributed by atoms with Gasteiger partial charge in [-0.3, -0.25) is 24.5 Å². The van der Waals surface area contributed by atoms with E-state index >= 15 is 0 Å². The van der Waals surface area contributed by atoms with Crippen LogP contribution in [-0.4, -0.2) is 26.8 Å². The van der Waals surface area contributed by atoms with Crippen LogP contribution < -0.4 is 10.6 Å². The molecule has 3 aromatic rings. The van der Waals surface area contributed by atoms with E-state index in [9.17, 15) is 9.59 Å². The second kappa shape index (κ2) is 7.10. The summed E-state index contributed by atoms with van der Waals surface area (Å²) in [6.07, 6.45) is 7.66. The van der Waals surface area contributed by atoms with Gasteiger partial charge in [0, 0.05) is 18.6 Å². The molecule has 0 aliphatic heterocycles. The summed E-state index contributed by atoms with van der Waals surface area (Å²) in [5.74, 6) is -0.697. The first-order valence-electron chi connectivity index (χ1n) is 7.11. The number of anilines is 2. The summed E-state index contributed by atoms with van der Waals surface area (Å²) in [6, 6.07) is 9.92. The van der Waals surface area contributed by atoms with Gasteiger partial charge in [0.15, 0.2) is 0 Å². The third kappa shape index (κ3) is 3.77. The van der Waals surface area contributed by atoms with E-state index < -0.39 is 0 Å². The molecule has 0 saturated carbocycles. The Morgan fingerprint density at radius 1 is 0.750 bits per heavy atom. The Labute approximate surface area is 137 Å². The van der Waals surface area contributed by atoms with Crippen molar-refractivity contribution in [2.75, 3.05) is 10.6 Å². The molecule has 24 heavy (non-hydrogen) atoms. The number of rotatable bonds is 4. The van der Waals surface area contributed by atoms with Crippen LogP contribution in [0.25, 0.3) is 0 Å². The Kier molecular flexibility index (Phi) is 4.52. The number of hydrogen-bond acceptors (Lipinski definition) is 5. The van der Waals surface area contributed by atoms with Gasteiger partial charge in [-0.15, -0.1) is 0 Å². The largest absolute Gasteiger partial charge is 0.321 e. The van der Waals surface area contributed by atoms with Crippen molar-refractivity contribution in [3.05, 3.63) is 78.6 Å². The molecule has 0 fully saturated rings. The Hall–Kier alpha value is -3.61. The summed E-state index contributed by atoms with van der Waals surface area (Å²) < 4.78 is 0. The van der Waals surface area contributed by atoms with Crippen molar-refractivity contribution in [2.24, 2.45) is 0 Å². The summed E-state index contributed by atoms with van der Waals surface area (Å²) in [4.78, 5) is 36.0. The van der Waals surface area contributed by atoms with Crippen molar-refractivity contribution < 1.29 is 9.59 Å². The summed E-state index contributed by atoms with van der Waals surface area (Å²) in [5, 5.41) is 5.37. The van der Waals surface area contributed by atoms with Gasteiger partial charge in [0.05, 0.1) is 29.3 Å². The highest BCUT2D eigenvalue weighted by molar-refractivity contribution is 6.05. The summed E-state index contributed by atoms with van der Waals surface area (Å²) in [5.41, 5.74) is 1.71. The molecule has 7 nitrogen and oxygen atoms in total. The predicted octanol–water partition coefficient (Wildman–Crippen LogP) is 2.38. The Morgan fingerprint density at radius 2 is 1.38 bits per heavy atom. The SMILES string of the molecule is O=C(Nc1cccnc1)c1ccc(C(=O)Nc2cccnc2)nc1. The summed E-state index contributed by atoms with van der Waals surface area (Å²) >= 11 is 0. The van der Waals surface area contributed by atoms with E-state index in [4.69, 9.17) is 0 Å². The highest BCUT2D eigenvalue weighted by Crippen LogP contribution is 2.09. The zero-order chi connectivity index (χ0) is 16.8. The van der Waals surface area contributed by atoms with Gasteiger partial charge in [0.25, 0.3) is 11.8 Å². The minimum atomic E-state index is -0.373. The standard InChI is InChI=1S/C17H13N5O2/c23-16(21-13-3-1-7-18-10-13)12-5-6-15(20-9-12)17(24)22-14-4-2-8-19-11-14/h1-11H,(H,21,23)(H,22,24). The van der Waals surface area contributed by atoms with Gasteiger partial charge in [-0.05, 0) is 36.4 Å². The van der Waals surface area contributed by atoms with Crippen LogP contribution in [0.1, 0.15) is 20.8 Å². The van der Waals surface area contributed by atoms with Gasteiger partial charge in [-0.25, -0.2) is 0 Å². The van der Waals surface area contributed by atoms with E-state index in [1.54, 1.807) is 42.9 Å². The average Bonchev–Trinajstić information content (AvgIpc) is 2.63. The maximum Gasteiger partial charge on any atom is 0.274 e. The molecule has 118 valence electrons. The summed E-state index contributed by atoms with van der Waals surface area (Å²) in [7, 11) is 0. The first-order valence-corrected chi connectivity index (χ1v) is 7.11. The smallest absolute Gasteiger partial charge is 0.274 e. The second-order valence-electron chi connectivity index (χ2n) is 4.82. The van der Waals surface area contributed by atoms with Crippen molar-refractivity contribution in [3.63, 3.8) is 0 Å². The molecular weight excluding hydrogens is 306 g/mol. The van der Waals surface area contributed by atoms with Gasteiger partial charge in [0.2, 0.25) is 0 Å². The van der Waals surface area contributed by atoms with Crippen LogP contribution >= 0.6 is 0 Å². The normalized spacial score (nSPS) is 10.0. The van der Waals surface area contributed by atoms with Gasteiger partial charge in [-0.2, -0.15) is 0 Å². The molecule has 0 saturated heterocycles.